The highest BCUT2D eigenvalue weighted by Gasteiger charge is 2.13. The molecule has 130 valence electrons. The number of ether oxygens (including phenoxy) is 1. The number of thiophene rings is 1. The van der Waals surface area contributed by atoms with Crippen LogP contribution in [0.25, 0.3) is 22.6 Å². The van der Waals surface area contributed by atoms with Gasteiger partial charge in [0.2, 0.25) is 5.89 Å². The van der Waals surface area contributed by atoms with Gasteiger partial charge in [0.05, 0.1) is 12.0 Å². The highest BCUT2D eigenvalue weighted by atomic mass is 32.1. The fourth-order valence-electron chi connectivity index (χ4n) is 2.64. The van der Waals surface area contributed by atoms with E-state index in [9.17, 15) is 4.79 Å². The molecule has 4 rings (SSSR count). The molecule has 0 unspecified atom stereocenters. The van der Waals surface area contributed by atoms with Crippen LogP contribution in [0.15, 0.2) is 58.3 Å². The lowest BCUT2D eigenvalue weighted by molar-refractivity contribution is 0.103. The second kappa shape index (κ2) is 6.65. The fourth-order valence-corrected chi connectivity index (χ4v) is 3.26. The molecular weight excluding hydrogens is 348 g/mol. The molecule has 0 radical (unpaired) electrons. The number of methoxy groups -OCH3 is 1. The first kappa shape index (κ1) is 16.4. The average Bonchev–Trinajstić information content (AvgIpc) is 3.32. The monoisotopic (exact) mass is 364 g/mol. The number of nitrogens with zero attached hydrogens (tertiary/aromatic N) is 1. The van der Waals surface area contributed by atoms with E-state index in [0.717, 1.165) is 28.1 Å². The highest BCUT2D eigenvalue weighted by Crippen LogP contribution is 2.29. The Kier molecular flexibility index (Phi) is 4.18. The average molecular weight is 364 g/mol. The normalized spacial score (nSPS) is 10.8. The number of hydrogen-bond acceptors (Lipinski definition) is 5. The van der Waals surface area contributed by atoms with Crippen LogP contribution >= 0.6 is 11.3 Å². The molecule has 0 saturated heterocycles. The minimum absolute atomic E-state index is 0.123. The van der Waals surface area contributed by atoms with Crippen molar-refractivity contribution < 1.29 is 13.9 Å². The molecule has 0 spiro atoms. The van der Waals surface area contributed by atoms with Crippen molar-refractivity contribution in [2.24, 2.45) is 0 Å². The number of aryl methyl sites for hydroxylation is 1. The maximum absolute atomic E-state index is 12.3. The van der Waals surface area contributed by atoms with Crippen LogP contribution in [-0.2, 0) is 0 Å². The quantitative estimate of drug-likeness (QED) is 0.545. The van der Waals surface area contributed by atoms with Gasteiger partial charge in [-0.15, -0.1) is 11.3 Å². The molecular formula is C20H16N2O3S. The first-order valence-corrected chi connectivity index (χ1v) is 8.92. The van der Waals surface area contributed by atoms with E-state index in [0.29, 0.717) is 16.4 Å². The SMILES string of the molecule is COc1ccc2oc(-c3ccc(C)c(NC(=O)c4cccs4)c3)nc2c1. The van der Waals surface area contributed by atoms with E-state index in [4.69, 9.17) is 9.15 Å². The van der Waals surface area contributed by atoms with E-state index in [1.54, 1.807) is 13.2 Å². The van der Waals surface area contributed by atoms with E-state index < -0.39 is 0 Å². The zero-order valence-corrected chi connectivity index (χ0v) is 15.1. The molecule has 2 heterocycles. The van der Waals surface area contributed by atoms with Gasteiger partial charge in [-0.05, 0) is 48.2 Å². The number of rotatable bonds is 4. The molecule has 0 aliphatic heterocycles. The summed E-state index contributed by atoms with van der Waals surface area (Å²) in [6.07, 6.45) is 0. The Morgan fingerprint density at radius 1 is 1.19 bits per heavy atom. The summed E-state index contributed by atoms with van der Waals surface area (Å²) in [5.41, 5.74) is 3.92. The molecule has 0 aliphatic carbocycles. The van der Waals surface area contributed by atoms with Gasteiger partial charge in [-0.25, -0.2) is 4.98 Å². The number of nitrogens with one attached hydrogen (secondary N) is 1. The maximum Gasteiger partial charge on any atom is 0.265 e. The van der Waals surface area contributed by atoms with Gasteiger partial charge in [0.15, 0.2) is 5.58 Å². The number of fused-ring (bicyclic) bond motifs is 1. The molecule has 0 aliphatic rings. The van der Waals surface area contributed by atoms with E-state index in [1.807, 2.05) is 54.8 Å². The van der Waals surface area contributed by atoms with E-state index >= 15 is 0 Å². The Bertz CT molecular complexity index is 1080. The second-order valence-electron chi connectivity index (χ2n) is 5.81. The first-order chi connectivity index (χ1) is 12.6. The summed E-state index contributed by atoms with van der Waals surface area (Å²) in [5.74, 6) is 1.10. The van der Waals surface area contributed by atoms with Gasteiger partial charge < -0.3 is 14.5 Å². The molecule has 1 N–H and O–H groups in total. The third-order valence-corrected chi connectivity index (χ3v) is 4.94. The number of amides is 1. The van der Waals surface area contributed by atoms with Crippen molar-refractivity contribution in [3.8, 4) is 17.2 Å². The molecule has 1 amide bonds. The molecule has 0 fully saturated rings. The lowest BCUT2D eigenvalue weighted by Gasteiger charge is -2.08. The van der Waals surface area contributed by atoms with Gasteiger partial charge in [0.1, 0.15) is 11.3 Å². The van der Waals surface area contributed by atoms with Crippen LogP contribution < -0.4 is 10.1 Å². The van der Waals surface area contributed by atoms with Crippen molar-refractivity contribution in [2.75, 3.05) is 12.4 Å². The van der Waals surface area contributed by atoms with Crippen molar-refractivity contribution >= 4 is 34.0 Å². The van der Waals surface area contributed by atoms with Crippen LogP contribution in [0.4, 0.5) is 5.69 Å². The predicted molar refractivity (Wildman–Crippen MR) is 103 cm³/mol. The van der Waals surface area contributed by atoms with Gasteiger partial charge in [0, 0.05) is 17.3 Å². The molecule has 4 aromatic rings. The van der Waals surface area contributed by atoms with Crippen LogP contribution in [0.5, 0.6) is 5.75 Å². The van der Waals surface area contributed by atoms with Crippen LogP contribution in [0, 0.1) is 6.92 Å². The van der Waals surface area contributed by atoms with Crippen LogP contribution in [0.3, 0.4) is 0 Å². The Hall–Kier alpha value is -3.12. The zero-order chi connectivity index (χ0) is 18.1. The van der Waals surface area contributed by atoms with Crippen molar-refractivity contribution in [3.63, 3.8) is 0 Å². The van der Waals surface area contributed by atoms with Crippen LogP contribution in [-0.4, -0.2) is 18.0 Å². The molecule has 2 aromatic heterocycles. The Balaban J connectivity index is 1.68. The number of carbonyl (C=O) groups is 1. The largest absolute Gasteiger partial charge is 0.497 e. The van der Waals surface area contributed by atoms with Gasteiger partial charge in [-0.2, -0.15) is 0 Å². The minimum Gasteiger partial charge on any atom is -0.497 e. The van der Waals surface area contributed by atoms with Crippen molar-refractivity contribution in [1.29, 1.82) is 0 Å². The zero-order valence-electron chi connectivity index (χ0n) is 14.3. The van der Waals surface area contributed by atoms with Crippen LogP contribution in [0.1, 0.15) is 15.2 Å². The molecule has 2 aromatic carbocycles. The number of carbonyl (C=O) groups excluding carboxylic acids is 1. The number of hydrogen-bond donors (Lipinski definition) is 1. The topological polar surface area (TPSA) is 64.4 Å². The first-order valence-electron chi connectivity index (χ1n) is 8.04. The molecule has 0 saturated carbocycles. The molecule has 0 bridgehead atoms. The lowest BCUT2D eigenvalue weighted by atomic mass is 10.1. The van der Waals surface area contributed by atoms with Gasteiger partial charge in [-0.1, -0.05) is 12.1 Å². The summed E-state index contributed by atoms with van der Waals surface area (Å²) in [6.45, 7) is 1.95. The molecule has 26 heavy (non-hydrogen) atoms. The van der Waals surface area contributed by atoms with Crippen molar-refractivity contribution in [2.45, 2.75) is 6.92 Å². The molecule has 0 atom stereocenters. The molecule has 6 heteroatoms. The third-order valence-electron chi connectivity index (χ3n) is 4.07. The Morgan fingerprint density at radius 3 is 2.85 bits per heavy atom. The lowest BCUT2D eigenvalue weighted by Crippen LogP contribution is -2.11. The van der Waals surface area contributed by atoms with Gasteiger partial charge in [-0.3, -0.25) is 4.79 Å². The standard InChI is InChI=1S/C20H16N2O3S/c1-12-5-6-13(10-15(12)21-19(23)18-4-3-9-26-18)20-22-16-11-14(24-2)7-8-17(16)25-20/h3-11H,1-2H3,(H,21,23). The van der Waals surface area contributed by atoms with E-state index in [2.05, 4.69) is 10.3 Å². The Labute approximate surface area is 154 Å². The third kappa shape index (κ3) is 3.07. The van der Waals surface area contributed by atoms with Gasteiger partial charge in [0.25, 0.3) is 5.91 Å². The summed E-state index contributed by atoms with van der Waals surface area (Å²) in [6, 6.07) is 14.9. The van der Waals surface area contributed by atoms with Crippen molar-refractivity contribution in [3.05, 3.63) is 64.4 Å². The number of benzene rings is 2. The number of oxazole rings is 1. The smallest absolute Gasteiger partial charge is 0.265 e. The maximum atomic E-state index is 12.3. The summed E-state index contributed by atoms with van der Waals surface area (Å²) in [4.78, 5) is 17.5. The van der Waals surface area contributed by atoms with E-state index in [1.165, 1.54) is 11.3 Å². The minimum atomic E-state index is -0.123. The number of aromatic nitrogens is 1. The van der Waals surface area contributed by atoms with Crippen LogP contribution in [0.2, 0.25) is 0 Å². The predicted octanol–water partition coefficient (Wildman–Crippen LogP) is 5.13. The van der Waals surface area contributed by atoms with Gasteiger partial charge >= 0.3 is 0 Å². The second-order valence-corrected chi connectivity index (χ2v) is 6.76. The van der Waals surface area contributed by atoms with E-state index in [-0.39, 0.29) is 5.91 Å². The summed E-state index contributed by atoms with van der Waals surface area (Å²) >= 11 is 1.41. The number of anilines is 1. The fraction of sp³-hybridized carbons (Fsp3) is 0.100. The highest BCUT2D eigenvalue weighted by molar-refractivity contribution is 7.12. The summed E-state index contributed by atoms with van der Waals surface area (Å²) < 4.78 is 11.1. The summed E-state index contributed by atoms with van der Waals surface area (Å²) in [7, 11) is 1.62. The summed E-state index contributed by atoms with van der Waals surface area (Å²) in [5, 5.41) is 4.84. The Morgan fingerprint density at radius 2 is 2.08 bits per heavy atom. The van der Waals surface area contributed by atoms with Crippen molar-refractivity contribution in [1.82, 2.24) is 4.98 Å². The molecule has 5 nitrogen and oxygen atoms in total.